The number of halogens is 3. The molecule has 92 valence electrons. The van der Waals surface area contributed by atoms with Gasteiger partial charge in [0, 0.05) is 11.6 Å². The summed E-state index contributed by atoms with van der Waals surface area (Å²) in [5.41, 5.74) is 1.69. The summed E-state index contributed by atoms with van der Waals surface area (Å²) in [6.07, 6.45) is -2.53. The average molecular weight is 241 g/mol. The number of hydrogen-bond donors (Lipinski definition) is 0. The van der Waals surface area contributed by atoms with Gasteiger partial charge in [0.05, 0.1) is 11.3 Å². The summed E-state index contributed by atoms with van der Waals surface area (Å²) in [6.45, 7) is 3.95. The van der Waals surface area contributed by atoms with Crippen molar-refractivity contribution in [2.45, 2.75) is 32.9 Å². The molecule has 1 aliphatic rings. The normalized spacial score (nSPS) is 19.8. The predicted octanol–water partition coefficient (Wildman–Crippen LogP) is 4.38. The Morgan fingerprint density at radius 2 is 2.06 bits per heavy atom. The third kappa shape index (κ3) is 2.35. The van der Waals surface area contributed by atoms with E-state index in [-0.39, 0.29) is 0 Å². The van der Waals surface area contributed by atoms with Gasteiger partial charge in [0.15, 0.2) is 0 Å². The molecule has 0 radical (unpaired) electrons. The molecule has 17 heavy (non-hydrogen) atoms. The molecule has 0 fully saturated rings. The van der Waals surface area contributed by atoms with Gasteiger partial charge in [-0.05, 0) is 37.5 Å². The lowest BCUT2D eigenvalue weighted by molar-refractivity contribution is -0.137. The molecular formula is C13H14F3N. The molecule has 0 aromatic heterocycles. The van der Waals surface area contributed by atoms with Crippen LogP contribution < -0.4 is 0 Å². The average Bonchev–Trinajstić information content (AvgIpc) is 2.26. The van der Waals surface area contributed by atoms with Crippen molar-refractivity contribution in [1.82, 2.24) is 0 Å². The minimum atomic E-state index is -4.29. The number of nitrogens with zero attached hydrogens (tertiary/aromatic N) is 1. The molecule has 1 atom stereocenters. The first-order chi connectivity index (χ1) is 7.91. The summed E-state index contributed by atoms with van der Waals surface area (Å²) in [6, 6.07) is 3.84. The summed E-state index contributed by atoms with van der Waals surface area (Å²) in [7, 11) is 0. The number of hydrogen-bond acceptors (Lipinski definition) is 1. The van der Waals surface area contributed by atoms with E-state index in [1.807, 2.05) is 6.92 Å². The number of alkyl halides is 3. The smallest absolute Gasteiger partial charge is 0.258 e. The maximum atomic E-state index is 12.5. The second-order valence-corrected chi connectivity index (χ2v) is 4.40. The number of fused-ring (bicyclic) bond motifs is 1. The third-order valence-corrected chi connectivity index (χ3v) is 3.26. The van der Waals surface area contributed by atoms with Crippen LogP contribution in [0, 0.1) is 5.92 Å². The van der Waals surface area contributed by atoms with Gasteiger partial charge in [-0.15, -0.1) is 0 Å². The molecule has 4 heteroatoms. The largest absolute Gasteiger partial charge is 0.416 e. The van der Waals surface area contributed by atoms with E-state index in [9.17, 15) is 13.2 Å². The fourth-order valence-electron chi connectivity index (χ4n) is 2.15. The lowest BCUT2D eigenvalue weighted by Gasteiger charge is -2.22. The summed E-state index contributed by atoms with van der Waals surface area (Å²) in [5, 5.41) is 0. The molecule has 1 heterocycles. The van der Waals surface area contributed by atoms with Crippen LogP contribution in [-0.4, -0.2) is 5.71 Å². The second kappa shape index (κ2) is 4.17. The predicted molar refractivity (Wildman–Crippen MR) is 61.7 cm³/mol. The first kappa shape index (κ1) is 12.1. The van der Waals surface area contributed by atoms with Crippen LogP contribution in [0.25, 0.3) is 0 Å². The Morgan fingerprint density at radius 1 is 1.35 bits per heavy atom. The van der Waals surface area contributed by atoms with E-state index in [1.165, 1.54) is 0 Å². The molecule has 0 N–H and O–H groups in total. The van der Waals surface area contributed by atoms with Crippen molar-refractivity contribution in [2.75, 3.05) is 0 Å². The first-order valence-electron chi connectivity index (χ1n) is 5.67. The number of benzene rings is 1. The first-order valence-corrected chi connectivity index (χ1v) is 5.67. The van der Waals surface area contributed by atoms with Crippen LogP contribution in [0.4, 0.5) is 18.9 Å². The highest BCUT2D eigenvalue weighted by Gasteiger charge is 2.31. The van der Waals surface area contributed by atoms with Gasteiger partial charge < -0.3 is 0 Å². The lowest BCUT2D eigenvalue weighted by Crippen LogP contribution is -2.17. The highest BCUT2D eigenvalue weighted by Crippen LogP contribution is 2.36. The van der Waals surface area contributed by atoms with Gasteiger partial charge in [0.2, 0.25) is 0 Å². The van der Waals surface area contributed by atoms with Crippen LogP contribution in [0.3, 0.4) is 0 Å². The Labute approximate surface area is 98.4 Å². The molecule has 0 spiro atoms. The Morgan fingerprint density at radius 3 is 2.65 bits per heavy atom. The molecule has 0 amide bonds. The Balaban J connectivity index is 2.42. The summed E-state index contributed by atoms with van der Waals surface area (Å²) >= 11 is 0. The van der Waals surface area contributed by atoms with Gasteiger partial charge >= 0.3 is 6.18 Å². The molecule has 0 saturated heterocycles. The van der Waals surface area contributed by atoms with Crippen LogP contribution in [0.1, 0.15) is 31.4 Å². The van der Waals surface area contributed by atoms with Crippen molar-refractivity contribution in [3.63, 3.8) is 0 Å². The van der Waals surface area contributed by atoms with Gasteiger partial charge in [-0.1, -0.05) is 13.0 Å². The van der Waals surface area contributed by atoms with E-state index in [0.29, 0.717) is 11.6 Å². The zero-order valence-electron chi connectivity index (χ0n) is 9.80. The number of aliphatic imine (C=N–C) groups is 1. The van der Waals surface area contributed by atoms with Crippen molar-refractivity contribution in [3.05, 3.63) is 29.3 Å². The van der Waals surface area contributed by atoms with Crippen LogP contribution in [0.15, 0.2) is 23.2 Å². The van der Waals surface area contributed by atoms with Gasteiger partial charge in [-0.25, -0.2) is 0 Å². The van der Waals surface area contributed by atoms with Crippen LogP contribution in [0.2, 0.25) is 0 Å². The summed E-state index contributed by atoms with van der Waals surface area (Å²) in [5.74, 6) is 0.360. The fourth-order valence-corrected chi connectivity index (χ4v) is 2.15. The van der Waals surface area contributed by atoms with E-state index in [4.69, 9.17) is 0 Å². The molecular weight excluding hydrogens is 227 g/mol. The van der Waals surface area contributed by atoms with Crippen molar-refractivity contribution >= 4 is 11.4 Å². The Kier molecular flexibility index (Phi) is 2.98. The maximum Gasteiger partial charge on any atom is 0.416 e. The van der Waals surface area contributed by atoms with E-state index in [1.54, 1.807) is 6.07 Å². The van der Waals surface area contributed by atoms with Crippen LogP contribution in [0.5, 0.6) is 0 Å². The minimum absolute atomic E-state index is 0.360. The standard InChI is InChI=1S/C13H14F3N/c1-3-9-6-10-4-5-11(13(14,15)16)7-12(10)17-8(9)2/h4-5,7,9H,3,6H2,1-2H3/t9-/m1/s1. The monoisotopic (exact) mass is 241 g/mol. The van der Waals surface area contributed by atoms with Crippen LogP contribution >= 0.6 is 0 Å². The molecule has 2 rings (SSSR count). The number of rotatable bonds is 1. The highest BCUT2D eigenvalue weighted by atomic mass is 19.4. The zero-order chi connectivity index (χ0) is 12.6. The molecule has 1 nitrogen and oxygen atoms in total. The maximum absolute atomic E-state index is 12.5. The van der Waals surface area contributed by atoms with E-state index in [2.05, 4.69) is 11.9 Å². The van der Waals surface area contributed by atoms with Gasteiger partial charge in [0.1, 0.15) is 0 Å². The third-order valence-electron chi connectivity index (χ3n) is 3.26. The van der Waals surface area contributed by atoms with Gasteiger partial charge in [-0.2, -0.15) is 13.2 Å². The van der Waals surface area contributed by atoms with Gasteiger partial charge in [0.25, 0.3) is 0 Å². The molecule has 0 bridgehead atoms. The topological polar surface area (TPSA) is 12.4 Å². The SMILES string of the molecule is CC[C@@H]1Cc2ccc(C(F)(F)F)cc2N=C1C. The molecule has 1 aromatic rings. The van der Waals surface area contributed by atoms with E-state index < -0.39 is 11.7 Å². The van der Waals surface area contributed by atoms with Crippen molar-refractivity contribution in [1.29, 1.82) is 0 Å². The lowest BCUT2D eigenvalue weighted by atomic mass is 9.89. The molecule has 0 unspecified atom stereocenters. The minimum Gasteiger partial charge on any atom is -0.258 e. The van der Waals surface area contributed by atoms with Crippen molar-refractivity contribution in [3.8, 4) is 0 Å². The van der Waals surface area contributed by atoms with Crippen molar-refractivity contribution < 1.29 is 13.2 Å². The molecule has 0 saturated carbocycles. The zero-order valence-corrected chi connectivity index (χ0v) is 9.80. The highest BCUT2D eigenvalue weighted by molar-refractivity contribution is 5.89. The molecule has 1 aromatic carbocycles. The Bertz CT molecular complexity index is 460. The fraction of sp³-hybridized carbons (Fsp3) is 0.462. The molecule has 0 aliphatic carbocycles. The quantitative estimate of drug-likeness (QED) is 0.691. The Hall–Kier alpha value is -1.32. The van der Waals surface area contributed by atoms with E-state index >= 15 is 0 Å². The molecule has 1 aliphatic heterocycles. The van der Waals surface area contributed by atoms with Crippen molar-refractivity contribution in [2.24, 2.45) is 10.9 Å². The van der Waals surface area contributed by atoms with E-state index in [0.717, 1.165) is 36.2 Å². The summed E-state index contributed by atoms with van der Waals surface area (Å²) in [4.78, 5) is 4.29. The summed E-state index contributed by atoms with van der Waals surface area (Å²) < 4.78 is 37.6. The van der Waals surface area contributed by atoms with Crippen LogP contribution in [-0.2, 0) is 12.6 Å². The second-order valence-electron chi connectivity index (χ2n) is 4.40. The van der Waals surface area contributed by atoms with Gasteiger partial charge in [-0.3, -0.25) is 4.99 Å².